The second-order valence-corrected chi connectivity index (χ2v) is 6.07. The van der Waals surface area contributed by atoms with Gasteiger partial charge in [-0.15, -0.1) is 10.2 Å². The predicted octanol–water partition coefficient (Wildman–Crippen LogP) is 3.13. The van der Waals surface area contributed by atoms with Crippen LogP contribution < -0.4 is 0 Å². The summed E-state index contributed by atoms with van der Waals surface area (Å²) in [7, 11) is 0. The van der Waals surface area contributed by atoms with Crippen LogP contribution in [-0.4, -0.2) is 25.8 Å². The summed E-state index contributed by atoms with van der Waals surface area (Å²) in [6.45, 7) is 3.36. The lowest BCUT2D eigenvalue weighted by atomic mass is 10.2. The number of aromatic nitrogens is 3. The molecule has 0 bridgehead atoms. The molecule has 0 saturated heterocycles. The third-order valence-electron chi connectivity index (χ3n) is 2.84. The molecule has 0 N–H and O–H groups in total. The molecule has 1 atom stereocenters. The SMILES string of the molecule is CC(CBr)CSc1nnc2n1CCCCC2. The highest BCUT2D eigenvalue weighted by atomic mass is 79.9. The summed E-state index contributed by atoms with van der Waals surface area (Å²) in [5.41, 5.74) is 0. The van der Waals surface area contributed by atoms with Crippen LogP contribution in [0.4, 0.5) is 0 Å². The van der Waals surface area contributed by atoms with E-state index in [9.17, 15) is 0 Å². The number of thioether (sulfide) groups is 1. The number of alkyl halides is 1. The number of nitrogens with zero attached hydrogens (tertiary/aromatic N) is 3. The van der Waals surface area contributed by atoms with E-state index in [4.69, 9.17) is 0 Å². The van der Waals surface area contributed by atoms with Gasteiger partial charge in [0.1, 0.15) is 5.82 Å². The fourth-order valence-corrected chi connectivity index (χ4v) is 3.36. The Balaban J connectivity index is 2.01. The second kappa shape index (κ2) is 6.05. The molecule has 1 aliphatic heterocycles. The van der Waals surface area contributed by atoms with Crippen LogP contribution in [0.3, 0.4) is 0 Å². The molecule has 16 heavy (non-hydrogen) atoms. The first kappa shape index (κ1) is 12.4. The van der Waals surface area contributed by atoms with Crippen molar-refractivity contribution in [1.29, 1.82) is 0 Å². The normalized spacial score (nSPS) is 17.9. The molecule has 2 heterocycles. The van der Waals surface area contributed by atoms with Gasteiger partial charge in [0, 0.05) is 24.0 Å². The van der Waals surface area contributed by atoms with Gasteiger partial charge in [-0.3, -0.25) is 0 Å². The van der Waals surface area contributed by atoms with Crippen LogP contribution in [0, 0.1) is 5.92 Å². The Morgan fingerprint density at radius 3 is 3.06 bits per heavy atom. The van der Waals surface area contributed by atoms with E-state index < -0.39 is 0 Å². The lowest BCUT2D eigenvalue weighted by Gasteiger charge is -2.08. The summed E-state index contributed by atoms with van der Waals surface area (Å²) < 4.78 is 2.32. The molecule has 3 nitrogen and oxygen atoms in total. The van der Waals surface area contributed by atoms with Crippen molar-refractivity contribution in [3.63, 3.8) is 0 Å². The molecule has 1 aliphatic rings. The Hall–Kier alpha value is -0.0300. The van der Waals surface area contributed by atoms with Gasteiger partial charge in [0.05, 0.1) is 0 Å². The minimum atomic E-state index is 0.684. The van der Waals surface area contributed by atoms with Crippen LogP contribution in [0.15, 0.2) is 5.16 Å². The Morgan fingerprint density at radius 1 is 1.38 bits per heavy atom. The van der Waals surface area contributed by atoms with Gasteiger partial charge in [-0.25, -0.2) is 0 Å². The number of aryl methyl sites for hydroxylation is 1. The Morgan fingerprint density at radius 2 is 2.25 bits per heavy atom. The van der Waals surface area contributed by atoms with Crippen molar-refractivity contribution in [2.75, 3.05) is 11.1 Å². The van der Waals surface area contributed by atoms with Crippen molar-refractivity contribution in [3.05, 3.63) is 5.82 Å². The van der Waals surface area contributed by atoms with Gasteiger partial charge in [-0.05, 0) is 18.8 Å². The van der Waals surface area contributed by atoms with Crippen molar-refractivity contribution in [3.8, 4) is 0 Å². The highest BCUT2D eigenvalue weighted by Crippen LogP contribution is 2.23. The van der Waals surface area contributed by atoms with Crippen LogP contribution in [0.5, 0.6) is 0 Å². The van der Waals surface area contributed by atoms with Crippen LogP contribution >= 0.6 is 27.7 Å². The summed E-state index contributed by atoms with van der Waals surface area (Å²) in [6, 6.07) is 0. The molecule has 0 spiro atoms. The average Bonchev–Trinajstić information content (AvgIpc) is 2.54. The third kappa shape index (κ3) is 3.00. The first-order chi connectivity index (χ1) is 7.81. The molecule has 0 saturated carbocycles. The Bertz CT molecular complexity index is 340. The number of rotatable bonds is 4. The standard InChI is InChI=1S/C11H18BrN3S/c1-9(7-12)8-16-11-14-13-10-5-3-2-4-6-15(10)11/h9H,2-8H2,1H3. The summed E-state index contributed by atoms with van der Waals surface area (Å²) in [5, 5.41) is 10.8. The van der Waals surface area contributed by atoms with Gasteiger partial charge >= 0.3 is 0 Å². The Kier molecular flexibility index (Phi) is 4.70. The molecule has 0 fully saturated rings. The molecule has 1 aromatic heterocycles. The van der Waals surface area contributed by atoms with E-state index in [-0.39, 0.29) is 0 Å². The zero-order chi connectivity index (χ0) is 11.4. The van der Waals surface area contributed by atoms with E-state index in [1.54, 1.807) is 0 Å². The maximum atomic E-state index is 4.31. The number of halogens is 1. The zero-order valence-electron chi connectivity index (χ0n) is 9.65. The quantitative estimate of drug-likeness (QED) is 0.632. The van der Waals surface area contributed by atoms with Crippen molar-refractivity contribution in [2.45, 2.75) is 44.3 Å². The summed E-state index contributed by atoms with van der Waals surface area (Å²) in [4.78, 5) is 0. The minimum absolute atomic E-state index is 0.684. The fraction of sp³-hybridized carbons (Fsp3) is 0.818. The van der Waals surface area contributed by atoms with E-state index in [1.807, 2.05) is 11.8 Å². The minimum Gasteiger partial charge on any atom is -0.306 e. The highest BCUT2D eigenvalue weighted by molar-refractivity contribution is 9.09. The smallest absolute Gasteiger partial charge is 0.191 e. The maximum Gasteiger partial charge on any atom is 0.191 e. The topological polar surface area (TPSA) is 30.7 Å². The van der Waals surface area contributed by atoms with Crippen LogP contribution in [0.2, 0.25) is 0 Å². The molecular weight excluding hydrogens is 286 g/mol. The van der Waals surface area contributed by atoms with Gasteiger partial charge in [0.25, 0.3) is 0 Å². The number of hydrogen-bond acceptors (Lipinski definition) is 3. The van der Waals surface area contributed by atoms with Crippen molar-refractivity contribution < 1.29 is 0 Å². The van der Waals surface area contributed by atoms with Gasteiger partial charge in [-0.2, -0.15) is 0 Å². The largest absolute Gasteiger partial charge is 0.306 e. The lowest BCUT2D eigenvalue weighted by Crippen LogP contribution is -2.05. The lowest BCUT2D eigenvalue weighted by molar-refractivity contribution is 0.590. The average molecular weight is 304 g/mol. The summed E-state index contributed by atoms with van der Waals surface area (Å²) >= 11 is 5.35. The van der Waals surface area contributed by atoms with Gasteiger partial charge < -0.3 is 4.57 Å². The zero-order valence-corrected chi connectivity index (χ0v) is 12.1. The molecule has 0 amide bonds. The van der Waals surface area contributed by atoms with Crippen molar-refractivity contribution in [2.24, 2.45) is 5.92 Å². The van der Waals surface area contributed by atoms with Crippen LogP contribution in [0.25, 0.3) is 0 Å². The maximum absolute atomic E-state index is 4.31. The summed E-state index contributed by atoms with van der Waals surface area (Å²) in [6.07, 6.45) is 4.96. The summed E-state index contributed by atoms with van der Waals surface area (Å²) in [5.74, 6) is 2.99. The van der Waals surface area contributed by atoms with E-state index in [2.05, 4.69) is 37.6 Å². The molecule has 0 aromatic carbocycles. The Labute approximate surface area is 110 Å². The molecule has 2 rings (SSSR count). The number of hydrogen-bond donors (Lipinski definition) is 0. The van der Waals surface area contributed by atoms with Gasteiger partial charge in [0.15, 0.2) is 5.16 Å². The highest BCUT2D eigenvalue weighted by Gasteiger charge is 2.15. The van der Waals surface area contributed by atoms with Gasteiger partial charge in [0.2, 0.25) is 0 Å². The first-order valence-corrected chi connectivity index (χ1v) is 8.03. The fourth-order valence-electron chi connectivity index (χ4n) is 1.83. The van der Waals surface area contributed by atoms with E-state index in [0.717, 1.165) is 29.2 Å². The molecule has 1 aromatic rings. The second-order valence-electron chi connectivity index (χ2n) is 4.43. The van der Waals surface area contributed by atoms with E-state index in [0.29, 0.717) is 5.92 Å². The molecule has 0 aliphatic carbocycles. The monoisotopic (exact) mass is 303 g/mol. The van der Waals surface area contributed by atoms with Gasteiger partial charge in [-0.1, -0.05) is 41.0 Å². The molecule has 90 valence electrons. The third-order valence-corrected chi connectivity index (χ3v) is 5.24. The van der Waals surface area contributed by atoms with Crippen LogP contribution in [-0.2, 0) is 13.0 Å². The van der Waals surface area contributed by atoms with Crippen LogP contribution in [0.1, 0.15) is 32.0 Å². The van der Waals surface area contributed by atoms with E-state index >= 15 is 0 Å². The predicted molar refractivity (Wildman–Crippen MR) is 71.3 cm³/mol. The molecular formula is C11H18BrN3S. The molecule has 0 radical (unpaired) electrons. The molecule has 5 heteroatoms. The van der Waals surface area contributed by atoms with Crippen molar-refractivity contribution >= 4 is 27.7 Å². The first-order valence-electron chi connectivity index (χ1n) is 5.92. The number of fused-ring (bicyclic) bond motifs is 1. The van der Waals surface area contributed by atoms with Crippen molar-refractivity contribution in [1.82, 2.24) is 14.8 Å². The molecule has 1 unspecified atom stereocenters. The van der Waals surface area contributed by atoms with E-state index in [1.165, 1.54) is 25.1 Å².